The Morgan fingerprint density at radius 2 is 1.38 bits per heavy atom. The van der Waals surface area contributed by atoms with Crippen molar-refractivity contribution in [1.82, 2.24) is 19.9 Å². The van der Waals surface area contributed by atoms with E-state index in [-0.39, 0.29) is 0 Å². The molecule has 3 heterocycles. The molecular formula is C24H20N6O2S2. The van der Waals surface area contributed by atoms with E-state index in [1.807, 2.05) is 48.5 Å². The van der Waals surface area contributed by atoms with Crippen molar-refractivity contribution in [2.45, 2.75) is 22.4 Å². The quantitative estimate of drug-likeness (QED) is 0.241. The molecule has 1 aliphatic heterocycles. The zero-order chi connectivity index (χ0) is 23.1. The van der Waals surface area contributed by atoms with Crippen LogP contribution in [-0.2, 0) is 0 Å². The van der Waals surface area contributed by atoms with Crippen LogP contribution in [0.3, 0.4) is 0 Å². The molecule has 10 heteroatoms. The Balaban J connectivity index is 1.26. The van der Waals surface area contributed by atoms with Crippen LogP contribution < -0.4 is 5.06 Å². The SMILES string of the molecule is O=[N+]1c2ccccc2N([O-])[C@H](CSc2nc3ccccc3[nH]2)[C@@H]1CSc1nc2ccccc2[nH]1. The third kappa shape index (κ3) is 3.83. The number of benzene rings is 3. The van der Waals surface area contributed by atoms with Crippen molar-refractivity contribution < 1.29 is 4.76 Å². The van der Waals surface area contributed by atoms with Crippen LogP contribution in [0.25, 0.3) is 22.1 Å². The van der Waals surface area contributed by atoms with Crippen LogP contribution in [-0.4, -0.2) is 48.3 Å². The van der Waals surface area contributed by atoms with Crippen LogP contribution >= 0.6 is 23.5 Å². The lowest BCUT2D eigenvalue weighted by Gasteiger charge is -2.42. The van der Waals surface area contributed by atoms with Gasteiger partial charge in [0.15, 0.2) is 10.3 Å². The Kier molecular flexibility index (Phi) is 5.48. The van der Waals surface area contributed by atoms with Gasteiger partial charge in [0.2, 0.25) is 6.04 Å². The fourth-order valence-electron chi connectivity index (χ4n) is 4.19. The highest BCUT2D eigenvalue weighted by Crippen LogP contribution is 2.39. The van der Waals surface area contributed by atoms with E-state index in [1.54, 1.807) is 24.3 Å². The van der Waals surface area contributed by atoms with Gasteiger partial charge in [-0.3, -0.25) is 0 Å². The molecule has 0 aliphatic carbocycles. The lowest BCUT2D eigenvalue weighted by Crippen LogP contribution is -2.51. The van der Waals surface area contributed by atoms with Crippen molar-refractivity contribution in [2.75, 3.05) is 16.6 Å². The van der Waals surface area contributed by atoms with Gasteiger partial charge in [-0.05, 0) is 30.3 Å². The van der Waals surface area contributed by atoms with Crippen LogP contribution in [0.5, 0.6) is 0 Å². The summed E-state index contributed by atoms with van der Waals surface area (Å²) in [5.41, 5.74) is 4.44. The average molecular weight is 489 g/mol. The number of nitrogens with one attached hydrogen (secondary N) is 2. The number of aromatic nitrogens is 4. The molecule has 8 nitrogen and oxygen atoms in total. The van der Waals surface area contributed by atoms with Gasteiger partial charge in [0.05, 0.1) is 33.9 Å². The number of hydrogen-bond acceptors (Lipinski definition) is 7. The van der Waals surface area contributed by atoms with E-state index in [2.05, 4.69) is 19.9 Å². The summed E-state index contributed by atoms with van der Waals surface area (Å²) < 4.78 is 0.989. The number of para-hydroxylation sites is 6. The van der Waals surface area contributed by atoms with Crippen molar-refractivity contribution >= 4 is 57.0 Å². The van der Waals surface area contributed by atoms with E-state index in [0.717, 1.165) is 42.2 Å². The second-order valence-corrected chi connectivity index (χ2v) is 10.0. The fraction of sp³-hybridized carbons (Fsp3) is 0.167. The van der Waals surface area contributed by atoms with Crippen molar-refractivity contribution in [1.29, 1.82) is 0 Å². The number of imidazole rings is 2. The smallest absolute Gasteiger partial charge is 0.278 e. The summed E-state index contributed by atoms with van der Waals surface area (Å²) in [5.74, 6) is 0.837. The lowest BCUT2D eigenvalue weighted by molar-refractivity contribution is -0.505. The standard InChI is InChI=1S/C24H20N6O2S2/c31-29-19-11-5-6-12-20(19)30(32)22(14-34-24-27-17-9-3-4-10-18(17)28-24)21(29)13-33-23-25-15-7-1-2-8-16(15)26-23/h1-12,21-22H,13-14H2,(H,25,26)(H,27,28)/t21-,22+. The number of rotatable bonds is 6. The maximum absolute atomic E-state index is 13.4. The third-order valence-electron chi connectivity index (χ3n) is 5.92. The number of H-pyrrole nitrogens is 2. The molecule has 0 unspecified atom stereocenters. The molecule has 0 bridgehead atoms. The van der Waals surface area contributed by atoms with Crippen molar-refractivity contribution in [2.24, 2.45) is 0 Å². The molecular weight excluding hydrogens is 468 g/mol. The molecule has 170 valence electrons. The molecule has 0 saturated carbocycles. The average Bonchev–Trinajstić information content (AvgIpc) is 3.48. The second kappa shape index (κ2) is 8.79. The van der Waals surface area contributed by atoms with Crippen LogP contribution in [0.2, 0.25) is 0 Å². The van der Waals surface area contributed by atoms with E-state index in [0.29, 0.717) is 22.9 Å². The molecule has 0 radical (unpaired) electrons. The van der Waals surface area contributed by atoms with E-state index in [1.165, 1.54) is 23.5 Å². The Morgan fingerprint density at radius 3 is 2.03 bits per heavy atom. The topological polar surface area (TPSA) is 104 Å². The highest BCUT2D eigenvalue weighted by atomic mass is 32.2. The molecule has 0 spiro atoms. The molecule has 3 aromatic carbocycles. The van der Waals surface area contributed by atoms with Gasteiger partial charge in [0, 0.05) is 21.5 Å². The number of nitrogens with zero attached hydrogens (tertiary/aromatic N) is 4. The summed E-state index contributed by atoms with van der Waals surface area (Å²) >= 11 is 2.91. The first-order valence-corrected chi connectivity index (χ1v) is 12.8. The van der Waals surface area contributed by atoms with Crippen LogP contribution in [0.1, 0.15) is 0 Å². The first-order chi connectivity index (χ1) is 16.7. The van der Waals surface area contributed by atoms with Gasteiger partial charge in [0.1, 0.15) is 5.69 Å². The minimum atomic E-state index is -0.553. The Morgan fingerprint density at radius 1 is 0.824 bits per heavy atom. The monoisotopic (exact) mass is 488 g/mol. The minimum absolute atomic E-state index is 0.401. The van der Waals surface area contributed by atoms with Crippen LogP contribution in [0, 0.1) is 10.1 Å². The third-order valence-corrected chi connectivity index (χ3v) is 7.87. The van der Waals surface area contributed by atoms with E-state index >= 15 is 0 Å². The largest absolute Gasteiger partial charge is 0.758 e. The molecule has 1 aliphatic rings. The number of hydrogen-bond donors (Lipinski definition) is 2. The molecule has 2 N–H and O–H groups in total. The Hall–Kier alpha value is -3.34. The number of aromatic amines is 2. The zero-order valence-corrected chi connectivity index (χ0v) is 19.6. The number of thioether (sulfide) groups is 2. The highest BCUT2D eigenvalue weighted by molar-refractivity contribution is 7.99. The number of hydroxylamine groups is 1. The maximum atomic E-state index is 13.4. The maximum Gasteiger partial charge on any atom is 0.278 e. The summed E-state index contributed by atoms with van der Waals surface area (Å²) in [6.07, 6.45) is 0. The molecule has 0 saturated heterocycles. The first kappa shape index (κ1) is 21.2. The summed E-state index contributed by atoms with van der Waals surface area (Å²) in [5, 5.41) is 15.8. The van der Waals surface area contributed by atoms with Gasteiger partial charge in [-0.25, -0.2) is 9.97 Å². The normalized spacial score (nSPS) is 18.0. The Labute approximate surface area is 203 Å². The van der Waals surface area contributed by atoms with Gasteiger partial charge >= 0.3 is 0 Å². The van der Waals surface area contributed by atoms with Crippen molar-refractivity contribution in [3.8, 4) is 0 Å². The second-order valence-electron chi connectivity index (χ2n) is 8.02. The predicted molar refractivity (Wildman–Crippen MR) is 137 cm³/mol. The van der Waals surface area contributed by atoms with Crippen molar-refractivity contribution in [3.05, 3.63) is 82.9 Å². The summed E-state index contributed by atoms with van der Waals surface area (Å²) in [6.45, 7) is 0. The fourth-order valence-corrected chi connectivity index (χ4v) is 6.25. The van der Waals surface area contributed by atoms with Gasteiger partial charge in [-0.2, -0.15) is 0 Å². The van der Waals surface area contributed by atoms with Gasteiger partial charge < -0.3 is 20.2 Å². The number of fused-ring (bicyclic) bond motifs is 3. The summed E-state index contributed by atoms with van der Waals surface area (Å²) in [6, 6.07) is 21.5. The van der Waals surface area contributed by atoms with Gasteiger partial charge in [-0.15, -0.1) is 0 Å². The Bertz CT molecular complexity index is 1430. The van der Waals surface area contributed by atoms with Crippen LogP contribution in [0.15, 0.2) is 83.1 Å². The van der Waals surface area contributed by atoms with Gasteiger partial charge in [0.25, 0.3) is 5.69 Å². The molecule has 6 rings (SSSR count). The number of anilines is 1. The van der Waals surface area contributed by atoms with Crippen molar-refractivity contribution in [3.63, 3.8) is 0 Å². The minimum Gasteiger partial charge on any atom is -0.758 e. The zero-order valence-electron chi connectivity index (χ0n) is 17.9. The molecule has 34 heavy (non-hydrogen) atoms. The first-order valence-electron chi connectivity index (χ1n) is 10.8. The van der Waals surface area contributed by atoms with Gasteiger partial charge in [-0.1, -0.05) is 59.9 Å². The lowest BCUT2D eigenvalue weighted by atomic mass is 10.1. The van der Waals surface area contributed by atoms with E-state index < -0.39 is 12.1 Å². The molecule has 0 fully saturated rings. The molecule has 2 aromatic heterocycles. The van der Waals surface area contributed by atoms with Crippen LogP contribution in [0.4, 0.5) is 11.4 Å². The highest BCUT2D eigenvalue weighted by Gasteiger charge is 2.44. The summed E-state index contributed by atoms with van der Waals surface area (Å²) in [4.78, 5) is 29.2. The van der Waals surface area contributed by atoms with E-state index in [9.17, 15) is 10.1 Å². The van der Waals surface area contributed by atoms with E-state index in [4.69, 9.17) is 0 Å². The number of nitroso groups, excluding NO2 is 1. The molecule has 0 amide bonds. The summed E-state index contributed by atoms with van der Waals surface area (Å²) in [7, 11) is 0. The predicted octanol–water partition coefficient (Wildman–Crippen LogP) is 5.49. The molecule has 2 atom stereocenters. The molecule has 5 aromatic rings.